The highest BCUT2D eigenvalue weighted by Gasteiger charge is 2.20. The number of hydrogen-bond acceptors (Lipinski definition) is 3. The van der Waals surface area contributed by atoms with Crippen LogP contribution in [0.3, 0.4) is 0 Å². The van der Waals surface area contributed by atoms with Crippen molar-refractivity contribution in [2.75, 3.05) is 5.32 Å². The number of thiophene rings is 1. The predicted octanol–water partition coefficient (Wildman–Crippen LogP) is 4.42. The lowest BCUT2D eigenvalue weighted by molar-refractivity contribution is 0.749. The maximum atomic E-state index is 4.81. The van der Waals surface area contributed by atoms with Gasteiger partial charge in [-0.1, -0.05) is 25.0 Å². The van der Waals surface area contributed by atoms with Crippen molar-refractivity contribution in [2.24, 2.45) is 0 Å². The van der Waals surface area contributed by atoms with Gasteiger partial charge in [-0.05, 0) is 36.4 Å². The van der Waals surface area contributed by atoms with Gasteiger partial charge in [0.25, 0.3) is 0 Å². The Bertz CT molecular complexity index is 708. The summed E-state index contributed by atoms with van der Waals surface area (Å²) in [6.45, 7) is 0. The summed E-state index contributed by atoms with van der Waals surface area (Å²) in [6.07, 6.45) is 7.30. The molecule has 0 saturated heterocycles. The van der Waals surface area contributed by atoms with Gasteiger partial charge in [0.1, 0.15) is 17.2 Å². The molecule has 4 rings (SSSR count). The molecule has 1 aliphatic rings. The summed E-state index contributed by atoms with van der Waals surface area (Å²) in [7, 11) is 0. The summed E-state index contributed by atoms with van der Waals surface area (Å²) in [6, 6.07) is 11.0. The number of fused-ring (bicyclic) bond motifs is 1. The SMILES string of the molecule is c1csc(-c2nc3ccccn3c2NC2CCCC2)c1. The molecule has 1 aliphatic carbocycles. The molecule has 1 N–H and O–H groups in total. The molecule has 3 aromatic heterocycles. The lowest BCUT2D eigenvalue weighted by Crippen LogP contribution is -2.16. The Labute approximate surface area is 122 Å². The van der Waals surface area contributed by atoms with E-state index in [1.807, 2.05) is 6.07 Å². The van der Waals surface area contributed by atoms with Crippen molar-refractivity contribution in [1.82, 2.24) is 9.38 Å². The number of rotatable bonds is 3. The smallest absolute Gasteiger partial charge is 0.139 e. The quantitative estimate of drug-likeness (QED) is 0.771. The molecule has 20 heavy (non-hydrogen) atoms. The zero-order valence-corrected chi connectivity index (χ0v) is 12.1. The summed E-state index contributed by atoms with van der Waals surface area (Å²) in [5.41, 5.74) is 2.09. The van der Waals surface area contributed by atoms with Crippen LogP contribution >= 0.6 is 11.3 Å². The molecule has 3 heterocycles. The van der Waals surface area contributed by atoms with Gasteiger partial charge in [0.05, 0.1) is 4.88 Å². The second kappa shape index (κ2) is 4.94. The maximum absolute atomic E-state index is 4.81. The van der Waals surface area contributed by atoms with Crippen LogP contribution in [0.15, 0.2) is 41.9 Å². The van der Waals surface area contributed by atoms with Gasteiger partial charge in [0, 0.05) is 12.2 Å². The minimum atomic E-state index is 0.591. The molecule has 1 saturated carbocycles. The highest BCUT2D eigenvalue weighted by atomic mass is 32.1. The topological polar surface area (TPSA) is 29.3 Å². The molecule has 3 aromatic rings. The van der Waals surface area contributed by atoms with E-state index in [9.17, 15) is 0 Å². The van der Waals surface area contributed by atoms with E-state index in [2.05, 4.69) is 45.6 Å². The highest BCUT2D eigenvalue weighted by Crippen LogP contribution is 2.33. The van der Waals surface area contributed by atoms with Crippen LogP contribution in [0.5, 0.6) is 0 Å². The Morgan fingerprint density at radius 2 is 2.05 bits per heavy atom. The largest absolute Gasteiger partial charge is 0.367 e. The number of nitrogens with zero attached hydrogens (tertiary/aromatic N) is 2. The van der Waals surface area contributed by atoms with E-state index in [4.69, 9.17) is 4.98 Å². The Kier molecular flexibility index (Phi) is 2.96. The first-order valence-corrected chi connectivity index (χ1v) is 8.07. The van der Waals surface area contributed by atoms with Gasteiger partial charge in [0.2, 0.25) is 0 Å². The molecule has 0 unspecified atom stereocenters. The molecule has 0 spiro atoms. The second-order valence-electron chi connectivity index (χ2n) is 5.34. The van der Waals surface area contributed by atoms with E-state index < -0.39 is 0 Å². The molecule has 1 fully saturated rings. The van der Waals surface area contributed by atoms with Gasteiger partial charge in [-0.15, -0.1) is 11.3 Å². The fourth-order valence-corrected chi connectivity index (χ4v) is 3.70. The van der Waals surface area contributed by atoms with E-state index in [0.717, 1.165) is 17.2 Å². The lowest BCUT2D eigenvalue weighted by atomic mass is 10.2. The van der Waals surface area contributed by atoms with Crippen LogP contribution in [0.25, 0.3) is 16.2 Å². The zero-order valence-electron chi connectivity index (χ0n) is 11.2. The van der Waals surface area contributed by atoms with Crippen LogP contribution in [0, 0.1) is 0 Å². The number of anilines is 1. The molecule has 4 heteroatoms. The lowest BCUT2D eigenvalue weighted by Gasteiger charge is -2.14. The average Bonchev–Trinajstić information content (AvgIpc) is 3.19. The minimum Gasteiger partial charge on any atom is -0.367 e. The van der Waals surface area contributed by atoms with Gasteiger partial charge < -0.3 is 5.32 Å². The van der Waals surface area contributed by atoms with Crippen LogP contribution < -0.4 is 5.32 Å². The Balaban J connectivity index is 1.84. The summed E-state index contributed by atoms with van der Waals surface area (Å²) >= 11 is 1.75. The van der Waals surface area contributed by atoms with Crippen molar-refractivity contribution < 1.29 is 0 Å². The van der Waals surface area contributed by atoms with Crippen LogP contribution in [0.1, 0.15) is 25.7 Å². The van der Waals surface area contributed by atoms with E-state index in [-0.39, 0.29) is 0 Å². The minimum absolute atomic E-state index is 0.591. The maximum Gasteiger partial charge on any atom is 0.139 e. The zero-order chi connectivity index (χ0) is 13.4. The average molecular weight is 283 g/mol. The monoisotopic (exact) mass is 283 g/mol. The van der Waals surface area contributed by atoms with Crippen molar-refractivity contribution in [3.05, 3.63) is 41.9 Å². The van der Waals surface area contributed by atoms with Crippen LogP contribution in [0.4, 0.5) is 5.82 Å². The third-order valence-electron chi connectivity index (χ3n) is 3.98. The summed E-state index contributed by atoms with van der Waals surface area (Å²) in [5, 5.41) is 5.84. The number of hydrogen-bond donors (Lipinski definition) is 1. The predicted molar refractivity (Wildman–Crippen MR) is 84.4 cm³/mol. The number of aromatic nitrogens is 2. The van der Waals surface area contributed by atoms with Crippen LogP contribution in [0.2, 0.25) is 0 Å². The van der Waals surface area contributed by atoms with Crippen LogP contribution in [-0.4, -0.2) is 15.4 Å². The molecule has 0 aliphatic heterocycles. The first-order valence-electron chi connectivity index (χ1n) is 7.19. The molecule has 0 atom stereocenters. The molecule has 0 amide bonds. The molecule has 3 nitrogen and oxygen atoms in total. The number of nitrogens with one attached hydrogen (secondary N) is 1. The Hall–Kier alpha value is -1.81. The number of imidazole rings is 1. The molecule has 102 valence electrons. The molecule has 0 aromatic carbocycles. The van der Waals surface area contributed by atoms with Crippen molar-refractivity contribution in [1.29, 1.82) is 0 Å². The molecular weight excluding hydrogens is 266 g/mol. The van der Waals surface area contributed by atoms with Crippen molar-refractivity contribution in [3.63, 3.8) is 0 Å². The molecule has 0 bridgehead atoms. The Morgan fingerprint density at radius 3 is 2.85 bits per heavy atom. The van der Waals surface area contributed by atoms with Crippen LogP contribution in [-0.2, 0) is 0 Å². The molecular formula is C16H17N3S. The second-order valence-corrected chi connectivity index (χ2v) is 6.29. The van der Waals surface area contributed by atoms with Gasteiger partial charge >= 0.3 is 0 Å². The van der Waals surface area contributed by atoms with Gasteiger partial charge in [0.15, 0.2) is 0 Å². The number of pyridine rings is 1. The Morgan fingerprint density at radius 1 is 1.15 bits per heavy atom. The van der Waals surface area contributed by atoms with E-state index >= 15 is 0 Å². The van der Waals surface area contributed by atoms with Gasteiger partial charge in [-0.2, -0.15) is 0 Å². The van der Waals surface area contributed by atoms with Crippen molar-refractivity contribution >= 4 is 22.8 Å². The van der Waals surface area contributed by atoms with Crippen molar-refractivity contribution in [3.8, 4) is 10.6 Å². The molecule has 0 radical (unpaired) electrons. The first kappa shape index (κ1) is 12.0. The van der Waals surface area contributed by atoms with Crippen molar-refractivity contribution in [2.45, 2.75) is 31.7 Å². The van der Waals surface area contributed by atoms with E-state index in [0.29, 0.717) is 6.04 Å². The highest BCUT2D eigenvalue weighted by molar-refractivity contribution is 7.13. The fourth-order valence-electron chi connectivity index (χ4n) is 2.98. The summed E-state index contributed by atoms with van der Waals surface area (Å²) < 4.78 is 2.17. The standard InChI is InChI=1S/C16H17N3S/c1-2-7-12(6-1)17-16-15(13-8-5-11-20-13)18-14-9-3-4-10-19(14)16/h3-5,8-12,17H,1-2,6-7H2. The first-order chi connectivity index (χ1) is 9.92. The third kappa shape index (κ3) is 2.00. The fraction of sp³-hybridized carbons (Fsp3) is 0.312. The van der Waals surface area contributed by atoms with E-state index in [1.54, 1.807) is 11.3 Å². The summed E-state index contributed by atoms with van der Waals surface area (Å²) in [5.74, 6) is 1.15. The van der Waals surface area contributed by atoms with E-state index in [1.165, 1.54) is 30.6 Å². The third-order valence-corrected chi connectivity index (χ3v) is 4.86. The normalized spacial score (nSPS) is 16.0. The van der Waals surface area contributed by atoms with Gasteiger partial charge in [-0.3, -0.25) is 4.40 Å². The van der Waals surface area contributed by atoms with Gasteiger partial charge in [-0.25, -0.2) is 4.98 Å². The summed E-state index contributed by atoms with van der Waals surface area (Å²) in [4.78, 5) is 6.04.